The highest BCUT2D eigenvalue weighted by Crippen LogP contribution is 2.41. The van der Waals surface area contributed by atoms with Crippen LogP contribution in [0.1, 0.15) is 11.1 Å². The molecule has 0 heterocycles. The first kappa shape index (κ1) is 26.2. The van der Waals surface area contributed by atoms with Crippen LogP contribution in [-0.4, -0.2) is 46.9 Å². The van der Waals surface area contributed by atoms with E-state index in [0.29, 0.717) is 28.4 Å². The van der Waals surface area contributed by atoms with Crippen molar-refractivity contribution < 1.29 is 37.4 Å². The number of ether oxygens (including phenoxy) is 4. The maximum Gasteiger partial charge on any atom is 0.269 e. The summed E-state index contributed by atoms with van der Waals surface area (Å²) in [6, 6.07) is 10.8. The van der Waals surface area contributed by atoms with Crippen molar-refractivity contribution in [3.8, 4) is 28.7 Å². The SMILES string of the molecule is COc1ccc(C=Cc2cc(OC)c(OC)c(OC)c2)c(NS(=O)(=O)c2ccc([N+](=O)[O-])cc2)c1O. The molecule has 3 aromatic rings. The van der Waals surface area contributed by atoms with Gasteiger partial charge in [-0.05, 0) is 42.0 Å². The summed E-state index contributed by atoms with van der Waals surface area (Å²) < 4.78 is 49.5. The molecule has 3 rings (SSSR count). The van der Waals surface area contributed by atoms with Crippen molar-refractivity contribution in [3.05, 3.63) is 69.8 Å². The zero-order valence-corrected chi connectivity index (χ0v) is 20.7. The first-order valence-electron chi connectivity index (χ1n) is 10.3. The Kier molecular flexibility index (Phi) is 7.90. The lowest BCUT2D eigenvalue weighted by atomic mass is 10.1. The number of anilines is 1. The summed E-state index contributed by atoms with van der Waals surface area (Å²) in [5.74, 6) is 0.869. The standard InChI is InChI=1S/C24H24N2O9S/c1-32-19-12-7-16(6-5-15-13-20(33-2)24(35-4)21(14-15)34-3)22(23(19)27)25-36(30,31)18-10-8-17(9-11-18)26(28)29/h5-14,25,27H,1-4H3. The predicted octanol–water partition coefficient (Wildman–Crippen LogP) is 4.31. The van der Waals surface area contributed by atoms with Crippen LogP contribution < -0.4 is 23.7 Å². The van der Waals surface area contributed by atoms with E-state index in [2.05, 4.69) is 4.72 Å². The zero-order chi connectivity index (χ0) is 26.5. The molecule has 0 aromatic heterocycles. The number of methoxy groups -OCH3 is 4. The topological polar surface area (TPSA) is 146 Å². The summed E-state index contributed by atoms with van der Waals surface area (Å²) in [4.78, 5) is 10.0. The highest BCUT2D eigenvalue weighted by Gasteiger charge is 2.21. The Morgan fingerprint density at radius 2 is 1.44 bits per heavy atom. The van der Waals surface area contributed by atoms with Gasteiger partial charge in [-0.25, -0.2) is 8.42 Å². The highest BCUT2D eigenvalue weighted by molar-refractivity contribution is 7.92. The van der Waals surface area contributed by atoms with Gasteiger partial charge in [0.05, 0.1) is 38.3 Å². The number of non-ortho nitro benzene ring substituents is 1. The van der Waals surface area contributed by atoms with Crippen LogP contribution in [0.2, 0.25) is 0 Å². The number of benzene rings is 3. The highest BCUT2D eigenvalue weighted by atomic mass is 32.2. The Morgan fingerprint density at radius 1 is 0.861 bits per heavy atom. The molecule has 190 valence electrons. The Balaban J connectivity index is 2.04. The van der Waals surface area contributed by atoms with Crippen LogP contribution in [-0.2, 0) is 10.0 Å². The van der Waals surface area contributed by atoms with Crippen LogP contribution in [0, 0.1) is 10.1 Å². The van der Waals surface area contributed by atoms with Gasteiger partial charge >= 0.3 is 0 Å². The van der Waals surface area contributed by atoms with Gasteiger partial charge in [-0.2, -0.15) is 0 Å². The van der Waals surface area contributed by atoms with Crippen molar-refractivity contribution in [2.24, 2.45) is 0 Å². The van der Waals surface area contributed by atoms with E-state index in [1.54, 1.807) is 30.4 Å². The lowest BCUT2D eigenvalue weighted by Gasteiger charge is -2.15. The van der Waals surface area contributed by atoms with Crippen molar-refractivity contribution in [1.29, 1.82) is 0 Å². The summed E-state index contributed by atoms with van der Waals surface area (Å²) in [5.41, 5.74) is 0.556. The van der Waals surface area contributed by atoms with E-state index in [1.165, 1.54) is 34.5 Å². The van der Waals surface area contributed by atoms with Gasteiger partial charge in [0.25, 0.3) is 15.7 Å². The van der Waals surface area contributed by atoms with E-state index in [1.807, 2.05) is 0 Å². The van der Waals surface area contributed by atoms with Gasteiger partial charge in [0, 0.05) is 17.7 Å². The lowest BCUT2D eigenvalue weighted by molar-refractivity contribution is -0.384. The van der Waals surface area contributed by atoms with Gasteiger partial charge in [-0.15, -0.1) is 0 Å². The maximum absolute atomic E-state index is 13.0. The van der Waals surface area contributed by atoms with Crippen molar-refractivity contribution in [3.63, 3.8) is 0 Å². The predicted molar refractivity (Wildman–Crippen MR) is 134 cm³/mol. The molecule has 11 nitrogen and oxygen atoms in total. The molecular weight excluding hydrogens is 492 g/mol. The molecular formula is C24H24N2O9S. The quantitative estimate of drug-likeness (QED) is 0.174. The number of hydrogen-bond acceptors (Lipinski definition) is 9. The second-order valence-corrected chi connectivity index (χ2v) is 8.91. The van der Waals surface area contributed by atoms with Crippen LogP contribution in [0.25, 0.3) is 12.2 Å². The van der Waals surface area contributed by atoms with Crippen LogP contribution in [0.5, 0.6) is 28.7 Å². The van der Waals surface area contributed by atoms with E-state index in [4.69, 9.17) is 18.9 Å². The molecule has 0 fully saturated rings. The number of sulfonamides is 1. The molecule has 0 saturated heterocycles. The van der Waals surface area contributed by atoms with Crippen LogP contribution >= 0.6 is 0 Å². The molecule has 0 radical (unpaired) electrons. The number of phenols is 1. The molecule has 0 bridgehead atoms. The van der Waals surface area contributed by atoms with Crippen LogP contribution in [0.15, 0.2) is 53.4 Å². The molecule has 2 N–H and O–H groups in total. The van der Waals surface area contributed by atoms with Gasteiger partial charge < -0.3 is 24.1 Å². The Hall–Kier alpha value is -4.45. The van der Waals surface area contributed by atoms with Gasteiger partial charge in [0.15, 0.2) is 23.0 Å². The summed E-state index contributed by atoms with van der Waals surface area (Å²) in [6.45, 7) is 0. The van der Waals surface area contributed by atoms with Crippen molar-refractivity contribution in [2.75, 3.05) is 33.2 Å². The summed E-state index contributed by atoms with van der Waals surface area (Å²) in [7, 11) is 1.56. The smallest absolute Gasteiger partial charge is 0.269 e. The third-order valence-electron chi connectivity index (χ3n) is 5.13. The molecule has 0 aliphatic heterocycles. The fraction of sp³-hybridized carbons (Fsp3) is 0.167. The minimum Gasteiger partial charge on any atom is -0.503 e. The Morgan fingerprint density at radius 3 is 1.94 bits per heavy atom. The molecule has 0 amide bonds. The minimum atomic E-state index is -4.22. The van der Waals surface area contributed by atoms with E-state index < -0.39 is 20.7 Å². The average Bonchev–Trinajstić information content (AvgIpc) is 2.88. The first-order valence-corrected chi connectivity index (χ1v) is 11.8. The maximum atomic E-state index is 13.0. The molecule has 0 aliphatic carbocycles. The molecule has 36 heavy (non-hydrogen) atoms. The monoisotopic (exact) mass is 516 g/mol. The van der Waals surface area contributed by atoms with Crippen molar-refractivity contribution in [2.45, 2.75) is 4.90 Å². The molecule has 12 heteroatoms. The summed E-state index contributed by atoms with van der Waals surface area (Å²) in [6.07, 6.45) is 3.24. The minimum absolute atomic E-state index is 0.0429. The average molecular weight is 517 g/mol. The molecule has 0 spiro atoms. The largest absolute Gasteiger partial charge is 0.503 e. The van der Waals surface area contributed by atoms with Crippen LogP contribution in [0.4, 0.5) is 11.4 Å². The first-order chi connectivity index (χ1) is 17.1. The Labute approximate surface area is 207 Å². The number of nitro groups is 1. The fourth-order valence-corrected chi connectivity index (χ4v) is 4.42. The molecule has 3 aromatic carbocycles. The number of phenolic OH excluding ortho intramolecular Hbond substituents is 1. The van der Waals surface area contributed by atoms with E-state index in [-0.39, 0.29) is 22.0 Å². The second kappa shape index (κ2) is 10.9. The van der Waals surface area contributed by atoms with Gasteiger partial charge in [0.2, 0.25) is 5.75 Å². The number of nitrogens with zero attached hydrogens (tertiary/aromatic N) is 1. The van der Waals surface area contributed by atoms with Gasteiger partial charge in [-0.1, -0.05) is 12.2 Å². The Bertz CT molecular complexity index is 1380. The van der Waals surface area contributed by atoms with Gasteiger partial charge in [-0.3, -0.25) is 14.8 Å². The lowest BCUT2D eigenvalue weighted by Crippen LogP contribution is -2.14. The van der Waals surface area contributed by atoms with Crippen molar-refractivity contribution in [1.82, 2.24) is 0 Å². The number of hydrogen-bond donors (Lipinski definition) is 2. The normalized spacial score (nSPS) is 11.2. The van der Waals surface area contributed by atoms with E-state index >= 15 is 0 Å². The molecule has 0 saturated carbocycles. The number of nitrogens with one attached hydrogen (secondary N) is 1. The molecule has 0 aliphatic rings. The number of nitro benzene ring substituents is 1. The molecule has 0 unspecified atom stereocenters. The summed E-state index contributed by atoms with van der Waals surface area (Å²) >= 11 is 0. The zero-order valence-electron chi connectivity index (χ0n) is 19.8. The van der Waals surface area contributed by atoms with E-state index in [9.17, 15) is 23.6 Å². The third-order valence-corrected chi connectivity index (χ3v) is 6.50. The van der Waals surface area contributed by atoms with Gasteiger partial charge in [0.1, 0.15) is 5.69 Å². The van der Waals surface area contributed by atoms with E-state index in [0.717, 1.165) is 24.3 Å². The van der Waals surface area contributed by atoms with Crippen LogP contribution in [0.3, 0.4) is 0 Å². The second-order valence-electron chi connectivity index (χ2n) is 7.23. The fourth-order valence-electron chi connectivity index (χ4n) is 3.32. The summed E-state index contributed by atoms with van der Waals surface area (Å²) in [5, 5.41) is 21.6. The third kappa shape index (κ3) is 5.44. The number of rotatable bonds is 10. The molecule has 0 atom stereocenters. The van der Waals surface area contributed by atoms with Crippen molar-refractivity contribution >= 4 is 33.6 Å². The number of aromatic hydroxyl groups is 1.